The Morgan fingerprint density at radius 2 is 2.08 bits per heavy atom. The molecule has 7 heteroatoms. The Hall–Kier alpha value is -0.890. The quantitative estimate of drug-likeness (QED) is 0.286. The van der Waals surface area contributed by atoms with E-state index in [9.17, 15) is 5.11 Å². The second kappa shape index (κ2) is 13.3. The first-order valence-electron chi connectivity index (χ1n) is 10.4. The number of piperidine rings is 1. The first kappa shape index (κ1) is 21.4. The topological polar surface area (TPSA) is 78.4 Å². The highest BCUT2D eigenvalue weighted by Gasteiger charge is 2.16. The van der Waals surface area contributed by atoms with Crippen molar-refractivity contribution in [3.05, 3.63) is 0 Å². The van der Waals surface area contributed by atoms with Crippen LogP contribution in [-0.4, -0.2) is 87.3 Å². The summed E-state index contributed by atoms with van der Waals surface area (Å²) in [6, 6.07) is 0. The lowest BCUT2D eigenvalue weighted by atomic mass is 10.1. The van der Waals surface area contributed by atoms with E-state index in [0.29, 0.717) is 6.10 Å². The minimum atomic E-state index is -0.0912. The molecule has 2 aliphatic heterocycles. The van der Waals surface area contributed by atoms with Gasteiger partial charge in [0.2, 0.25) is 0 Å². The first-order valence-corrected chi connectivity index (χ1v) is 10.4. The zero-order chi connectivity index (χ0) is 18.5. The lowest BCUT2D eigenvalue weighted by Gasteiger charge is -2.29. The molecule has 0 aromatic rings. The van der Waals surface area contributed by atoms with Crippen LogP contribution in [0.1, 0.15) is 45.4 Å². The van der Waals surface area contributed by atoms with E-state index >= 15 is 0 Å². The number of ether oxygens (including phenoxy) is 2. The number of aliphatic hydroxyl groups excluding tert-OH is 1. The summed E-state index contributed by atoms with van der Waals surface area (Å²) in [4.78, 5) is 7.05. The fraction of sp³-hybridized carbons (Fsp3) is 0.947. The molecule has 3 N–H and O–H groups in total. The third-order valence-corrected chi connectivity index (χ3v) is 4.89. The van der Waals surface area contributed by atoms with E-state index in [4.69, 9.17) is 9.47 Å². The lowest BCUT2D eigenvalue weighted by Crippen LogP contribution is -2.40. The summed E-state index contributed by atoms with van der Waals surface area (Å²) < 4.78 is 11.2. The fourth-order valence-electron chi connectivity index (χ4n) is 3.34. The smallest absolute Gasteiger partial charge is 0.191 e. The SMILES string of the molecule is CCNC(=NCCCOCC1CCCO1)NCCCN1CCC(O)CC1. The minimum absolute atomic E-state index is 0.0912. The van der Waals surface area contributed by atoms with Crippen LogP contribution in [0.3, 0.4) is 0 Å². The van der Waals surface area contributed by atoms with E-state index in [2.05, 4.69) is 27.4 Å². The molecule has 1 atom stereocenters. The van der Waals surface area contributed by atoms with Gasteiger partial charge in [0, 0.05) is 45.9 Å². The van der Waals surface area contributed by atoms with Crippen molar-refractivity contribution in [2.45, 2.75) is 57.7 Å². The molecule has 0 spiro atoms. The number of guanidine groups is 1. The van der Waals surface area contributed by atoms with Gasteiger partial charge in [0.1, 0.15) is 0 Å². The van der Waals surface area contributed by atoms with Gasteiger partial charge in [-0.2, -0.15) is 0 Å². The van der Waals surface area contributed by atoms with Gasteiger partial charge in [0.25, 0.3) is 0 Å². The normalized spacial score (nSPS) is 22.7. The van der Waals surface area contributed by atoms with Crippen molar-refractivity contribution in [3.8, 4) is 0 Å². The Balaban J connectivity index is 1.49. The fourth-order valence-corrected chi connectivity index (χ4v) is 3.34. The van der Waals surface area contributed by atoms with Crippen LogP contribution in [0, 0.1) is 0 Å². The summed E-state index contributed by atoms with van der Waals surface area (Å²) in [5.41, 5.74) is 0. The van der Waals surface area contributed by atoms with Crippen LogP contribution in [0.4, 0.5) is 0 Å². The molecule has 2 saturated heterocycles. The highest BCUT2D eigenvalue weighted by atomic mass is 16.5. The van der Waals surface area contributed by atoms with Crippen LogP contribution in [0.2, 0.25) is 0 Å². The van der Waals surface area contributed by atoms with E-state index < -0.39 is 0 Å². The molecule has 0 radical (unpaired) electrons. The summed E-state index contributed by atoms with van der Waals surface area (Å²) in [7, 11) is 0. The molecule has 2 rings (SSSR count). The second-order valence-corrected chi connectivity index (χ2v) is 7.18. The summed E-state index contributed by atoms with van der Waals surface area (Å²) in [6.45, 7) is 10.1. The third kappa shape index (κ3) is 9.16. The number of nitrogens with one attached hydrogen (secondary N) is 2. The van der Waals surface area contributed by atoms with Gasteiger partial charge < -0.3 is 30.1 Å². The predicted molar refractivity (Wildman–Crippen MR) is 105 cm³/mol. The summed E-state index contributed by atoms with van der Waals surface area (Å²) in [5.74, 6) is 0.890. The molecule has 2 aliphatic rings. The van der Waals surface area contributed by atoms with Gasteiger partial charge in [-0.1, -0.05) is 0 Å². The summed E-state index contributed by atoms with van der Waals surface area (Å²) in [5, 5.41) is 16.2. The minimum Gasteiger partial charge on any atom is -0.393 e. The maximum absolute atomic E-state index is 9.54. The Morgan fingerprint density at radius 1 is 1.23 bits per heavy atom. The van der Waals surface area contributed by atoms with Gasteiger partial charge in [-0.05, 0) is 52.0 Å². The molecule has 0 aromatic carbocycles. The van der Waals surface area contributed by atoms with Crippen molar-refractivity contribution >= 4 is 5.96 Å². The van der Waals surface area contributed by atoms with Crippen molar-refractivity contribution in [2.24, 2.45) is 4.99 Å². The largest absolute Gasteiger partial charge is 0.393 e. The monoisotopic (exact) mass is 370 g/mol. The number of hydrogen-bond acceptors (Lipinski definition) is 5. The zero-order valence-electron chi connectivity index (χ0n) is 16.4. The van der Waals surface area contributed by atoms with E-state index in [1.54, 1.807) is 0 Å². The van der Waals surface area contributed by atoms with Crippen molar-refractivity contribution in [1.29, 1.82) is 0 Å². The molecule has 0 aromatic heterocycles. The molecule has 2 fully saturated rings. The number of rotatable bonds is 11. The molecule has 0 amide bonds. The van der Waals surface area contributed by atoms with Crippen LogP contribution >= 0.6 is 0 Å². The van der Waals surface area contributed by atoms with E-state index in [1.807, 2.05) is 0 Å². The van der Waals surface area contributed by atoms with Gasteiger partial charge >= 0.3 is 0 Å². The molecule has 26 heavy (non-hydrogen) atoms. The molecule has 0 saturated carbocycles. The van der Waals surface area contributed by atoms with Gasteiger partial charge in [-0.25, -0.2) is 0 Å². The Labute approximate surface area is 158 Å². The van der Waals surface area contributed by atoms with Crippen molar-refractivity contribution in [3.63, 3.8) is 0 Å². The number of aliphatic imine (C=N–C) groups is 1. The summed E-state index contributed by atoms with van der Waals surface area (Å²) in [6.07, 6.45) is 6.34. The molecular weight excluding hydrogens is 332 g/mol. The van der Waals surface area contributed by atoms with Gasteiger partial charge in [-0.15, -0.1) is 0 Å². The second-order valence-electron chi connectivity index (χ2n) is 7.18. The molecule has 0 aliphatic carbocycles. The van der Waals surface area contributed by atoms with Gasteiger partial charge in [0.15, 0.2) is 5.96 Å². The maximum atomic E-state index is 9.54. The first-order chi connectivity index (χ1) is 12.8. The molecular formula is C19H38N4O3. The molecule has 0 bridgehead atoms. The van der Waals surface area contributed by atoms with E-state index in [0.717, 1.165) is 104 Å². The molecule has 152 valence electrons. The standard InChI is InChI=1S/C19H38N4O3/c1-2-20-19(21-9-4-11-23-12-7-17(24)8-13-23)22-10-5-14-25-16-18-6-3-15-26-18/h17-18,24H,2-16H2,1H3,(H2,20,21,22). The van der Waals surface area contributed by atoms with Crippen LogP contribution in [0.5, 0.6) is 0 Å². The molecule has 7 nitrogen and oxygen atoms in total. The Kier molecular flexibility index (Phi) is 11.0. The molecule has 1 unspecified atom stereocenters. The van der Waals surface area contributed by atoms with Crippen LogP contribution in [0.15, 0.2) is 4.99 Å². The number of nitrogens with zero attached hydrogens (tertiary/aromatic N) is 2. The average Bonchev–Trinajstić information content (AvgIpc) is 3.16. The predicted octanol–water partition coefficient (Wildman–Crippen LogP) is 0.974. The Morgan fingerprint density at radius 3 is 2.81 bits per heavy atom. The highest BCUT2D eigenvalue weighted by Crippen LogP contribution is 2.12. The van der Waals surface area contributed by atoms with Crippen LogP contribution in [-0.2, 0) is 9.47 Å². The molecule has 2 heterocycles. The third-order valence-electron chi connectivity index (χ3n) is 4.89. The highest BCUT2D eigenvalue weighted by molar-refractivity contribution is 5.79. The van der Waals surface area contributed by atoms with Crippen LogP contribution < -0.4 is 10.6 Å². The van der Waals surface area contributed by atoms with Gasteiger partial charge in [-0.3, -0.25) is 4.99 Å². The number of aliphatic hydroxyl groups is 1. The maximum Gasteiger partial charge on any atom is 0.191 e. The number of hydrogen-bond donors (Lipinski definition) is 3. The van der Waals surface area contributed by atoms with Crippen molar-refractivity contribution in [1.82, 2.24) is 15.5 Å². The van der Waals surface area contributed by atoms with Crippen molar-refractivity contribution in [2.75, 3.05) is 59.1 Å². The van der Waals surface area contributed by atoms with Crippen LogP contribution in [0.25, 0.3) is 0 Å². The average molecular weight is 371 g/mol. The number of likely N-dealkylation sites (tertiary alicyclic amines) is 1. The zero-order valence-corrected chi connectivity index (χ0v) is 16.4. The summed E-state index contributed by atoms with van der Waals surface area (Å²) >= 11 is 0. The van der Waals surface area contributed by atoms with E-state index in [-0.39, 0.29) is 6.10 Å². The lowest BCUT2D eigenvalue weighted by molar-refractivity contribution is 0.0171. The van der Waals surface area contributed by atoms with E-state index in [1.165, 1.54) is 0 Å². The Bertz CT molecular complexity index is 381. The van der Waals surface area contributed by atoms with Crippen molar-refractivity contribution < 1.29 is 14.6 Å². The van der Waals surface area contributed by atoms with Gasteiger partial charge in [0.05, 0.1) is 18.8 Å².